The van der Waals surface area contributed by atoms with E-state index in [2.05, 4.69) is 38.6 Å². The van der Waals surface area contributed by atoms with Gasteiger partial charge in [-0.2, -0.15) is 0 Å². The van der Waals surface area contributed by atoms with Gasteiger partial charge in [-0.3, -0.25) is 4.98 Å². The van der Waals surface area contributed by atoms with E-state index in [4.69, 9.17) is 0 Å². The molecule has 0 aliphatic heterocycles. The third-order valence-corrected chi connectivity index (χ3v) is 3.04. The maximum atomic E-state index is 4.21. The van der Waals surface area contributed by atoms with E-state index in [1.165, 1.54) is 5.69 Å². The Labute approximate surface area is 114 Å². The Balaban J connectivity index is 2.13. The fourth-order valence-electron chi connectivity index (χ4n) is 2.03. The van der Waals surface area contributed by atoms with Crippen molar-refractivity contribution in [3.8, 4) is 0 Å². The second kappa shape index (κ2) is 5.73. The molecule has 0 atom stereocenters. The first-order chi connectivity index (χ1) is 9.09. The Morgan fingerprint density at radius 1 is 1.26 bits per heavy atom. The van der Waals surface area contributed by atoms with Crippen LogP contribution in [0.5, 0.6) is 0 Å². The predicted octanol–water partition coefficient (Wildman–Crippen LogP) is 2.54. The lowest BCUT2D eigenvalue weighted by molar-refractivity contribution is 0.577. The van der Waals surface area contributed by atoms with E-state index in [9.17, 15) is 0 Å². The van der Waals surface area contributed by atoms with Gasteiger partial charge in [0.15, 0.2) is 0 Å². The van der Waals surface area contributed by atoms with Crippen LogP contribution in [0.25, 0.3) is 0 Å². The fourth-order valence-corrected chi connectivity index (χ4v) is 2.03. The zero-order chi connectivity index (χ0) is 13.8. The third-order valence-electron chi connectivity index (χ3n) is 3.04. The minimum atomic E-state index is 0.418. The number of pyridine rings is 1. The Morgan fingerprint density at radius 3 is 2.74 bits per heavy atom. The van der Waals surface area contributed by atoms with Gasteiger partial charge in [-0.25, -0.2) is 4.98 Å². The molecule has 2 heterocycles. The number of imidazole rings is 1. The van der Waals surface area contributed by atoms with E-state index in [0.29, 0.717) is 6.04 Å². The molecule has 0 bridgehead atoms. The summed E-state index contributed by atoms with van der Waals surface area (Å²) in [4.78, 5) is 10.5. The van der Waals surface area contributed by atoms with Gasteiger partial charge in [0.2, 0.25) is 0 Å². The minimum Gasteiger partial charge on any atom is -0.376 e. The molecule has 0 saturated carbocycles. The number of nitrogens with one attached hydrogen (secondary N) is 1. The number of hydrogen-bond donors (Lipinski definition) is 1. The molecule has 102 valence electrons. The van der Waals surface area contributed by atoms with Crippen LogP contribution >= 0.6 is 0 Å². The molecular weight excluding hydrogens is 238 g/mol. The quantitative estimate of drug-likeness (QED) is 0.896. The standard InChI is InChI=1S/C14H21N5/c1-11(2)19-10-16-7-12(19)8-17-13-9-15-6-5-14(13)18(3)4/h5-7,9-11,17H,8H2,1-4H3. The second-order valence-electron chi connectivity index (χ2n) is 5.03. The molecule has 1 N–H and O–H groups in total. The van der Waals surface area contributed by atoms with Gasteiger partial charge >= 0.3 is 0 Å². The van der Waals surface area contributed by atoms with Crippen molar-refractivity contribution in [2.75, 3.05) is 24.3 Å². The molecule has 0 aliphatic rings. The SMILES string of the molecule is CC(C)n1cncc1CNc1cnccc1N(C)C. The zero-order valence-corrected chi connectivity index (χ0v) is 12.0. The van der Waals surface area contributed by atoms with Crippen molar-refractivity contribution in [3.63, 3.8) is 0 Å². The van der Waals surface area contributed by atoms with Crippen molar-refractivity contribution in [3.05, 3.63) is 36.7 Å². The average Bonchev–Trinajstić information content (AvgIpc) is 2.85. The van der Waals surface area contributed by atoms with Crippen LogP contribution in [0.15, 0.2) is 31.0 Å². The summed E-state index contributed by atoms with van der Waals surface area (Å²) < 4.78 is 2.17. The van der Waals surface area contributed by atoms with E-state index in [1.807, 2.05) is 38.9 Å². The molecule has 0 amide bonds. The molecule has 19 heavy (non-hydrogen) atoms. The second-order valence-corrected chi connectivity index (χ2v) is 5.03. The summed E-state index contributed by atoms with van der Waals surface area (Å²) in [7, 11) is 4.05. The smallest absolute Gasteiger partial charge is 0.0951 e. The van der Waals surface area contributed by atoms with Crippen LogP contribution in [0.3, 0.4) is 0 Å². The van der Waals surface area contributed by atoms with Gasteiger partial charge in [0.1, 0.15) is 0 Å². The summed E-state index contributed by atoms with van der Waals surface area (Å²) in [6.07, 6.45) is 7.43. The highest BCUT2D eigenvalue weighted by atomic mass is 15.1. The highest BCUT2D eigenvalue weighted by Crippen LogP contribution is 2.23. The van der Waals surface area contributed by atoms with Crippen LogP contribution in [0.1, 0.15) is 25.6 Å². The molecule has 2 rings (SSSR count). The third kappa shape index (κ3) is 3.05. The highest BCUT2D eigenvalue weighted by Gasteiger charge is 2.07. The molecule has 0 radical (unpaired) electrons. The Kier molecular flexibility index (Phi) is 4.04. The normalized spacial score (nSPS) is 10.8. The van der Waals surface area contributed by atoms with Crippen LogP contribution < -0.4 is 10.2 Å². The highest BCUT2D eigenvalue weighted by molar-refractivity contribution is 5.67. The molecule has 2 aromatic heterocycles. The number of hydrogen-bond acceptors (Lipinski definition) is 4. The van der Waals surface area contributed by atoms with Gasteiger partial charge < -0.3 is 14.8 Å². The first kappa shape index (κ1) is 13.4. The fraction of sp³-hybridized carbons (Fsp3) is 0.429. The summed E-state index contributed by atoms with van der Waals surface area (Å²) >= 11 is 0. The first-order valence-electron chi connectivity index (χ1n) is 6.45. The van der Waals surface area contributed by atoms with E-state index >= 15 is 0 Å². The lowest BCUT2D eigenvalue weighted by atomic mass is 10.3. The van der Waals surface area contributed by atoms with E-state index in [-0.39, 0.29) is 0 Å². The number of anilines is 2. The molecule has 0 fully saturated rings. The maximum Gasteiger partial charge on any atom is 0.0951 e. The van der Waals surface area contributed by atoms with Crippen LogP contribution in [0, 0.1) is 0 Å². The monoisotopic (exact) mass is 259 g/mol. The van der Waals surface area contributed by atoms with Crippen LogP contribution in [-0.2, 0) is 6.54 Å². The summed E-state index contributed by atoms with van der Waals surface area (Å²) in [6.45, 7) is 5.05. The summed E-state index contributed by atoms with van der Waals surface area (Å²) in [6, 6.07) is 2.42. The Bertz CT molecular complexity index is 530. The van der Waals surface area contributed by atoms with Crippen molar-refractivity contribution in [1.29, 1.82) is 0 Å². The molecule has 2 aromatic rings. The first-order valence-corrected chi connectivity index (χ1v) is 6.45. The van der Waals surface area contributed by atoms with Crippen LogP contribution in [0.4, 0.5) is 11.4 Å². The summed E-state index contributed by atoms with van der Waals surface area (Å²) in [5, 5.41) is 3.43. The van der Waals surface area contributed by atoms with Gasteiger partial charge in [-0.1, -0.05) is 0 Å². The lowest BCUT2D eigenvalue weighted by Crippen LogP contribution is -2.14. The molecule has 0 aromatic carbocycles. The van der Waals surface area contributed by atoms with E-state index in [1.54, 1.807) is 6.20 Å². The molecule has 0 spiro atoms. The van der Waals surface area contributed by atoms with Crippen molar-refractivity contribution in [2.45, 2.75) is 26.4 Å². The Morgan fingerprint density at radius 2 is 2.05 bits per heavy atom. The van der Waals surface area contributed by atoms with Gasteiger partial charge in [0, 0.05) is 32.5 Å². The Hall–Kier alpha value is -2.04. The van der Waals surface area contributed by atoms with Crippen LogP contribution in [-0.4, -0.2) is 28.6 Å². The molecule has 5 nitrogen and oxygen atoms in total. The molecule has 0 saturated heterocycles. The van der Waals surface area contributed by atoms with Crippen molar-refractivity contribution < 1.29 is 0 Å². The summed E-state index contributed by atoms with van der Waals surface area (Å²) in [5.41, 5.74) is 3.33. The molecular formula is C14H21N5. The van der Waals surface area contributed by atoms with Gasteiger partial charge in [0.25, 0.3) is 0 Å². The molecule has 0 unspecified atom stereocenters. The van der Waals surface area contributed by atoms with Gasteiger partial charge in [0.05, 0.1) is 36.1 Å². The predicted molar refractivity (Wildman–Crippen MR) is 78.5 cm³/mol. The van der Waals surface area contributed by atoms with Gasteiger partial charge in [-0.15, -0.1) is 0 Å². The maximum absolute atomic E-state index is 4.21. The lowest BCUT2D eigenvalue weighted by Gasteiger charge is -2.18. The zero-order valence-electron chi connectivity index (χ0n) is 12.0. The molecule has 5 heteroatoms. The summed E-state index contributed by atoms with van der Waals surface area (Å²) in [5.74, 6) is 0. The minimum absolute atomic E-state index is 0.418. The number of aromatic nitrogens is 3. The van der Waals surface area contributed by atoms with Crippen molar-refractivity contribution >= 4 is 11.4 Å². The van der Waals surface area contributed by atoms with Crippen LogP contribution in [0.2, 0.25) is 0 Å². The largest absolute Gasteiger partial charge is 0.376 e. The van der Waals surface area contributed by atoms with E-state index < -0.39 is 0 Å². The topological polar surface area (TPSA) is 46.0 Å². The van der Waals surface area contributed by atoms with Gasteiger partial charge in [-0.05, 0) is 19.9 Å². The van der Waals surface area contributed by atoms with Crippen molar-refractivity contribution in [2.24, 2.45) is 0 Å². The number of rotatable bonds is 5. The van der Waals surface area contributed by atoms with Crippen molar-refractivity contribution in [1.82, 2.24) is 14.5 Å². The number of nitrogens with zero attached hydrogens (tertiary/aromatic N) is 4. The molecule has 0 aliphatic carbocycles. The van der Waals surface area contributed by atoms with E-state index in [0.717, 1.165) is 17.9 Å². The average molecular weight is 259 g/mol.